The molecule has 3 N–H and O–H groups in total. The number of amides is 1. The summed E-state index contributed by atoms with van der Waals surface area (Å²) in [5.74, 6) is -2.03. The van der Waals surface area contributed by atoms with Crippen molar-refractivity contribution in [2.45, 2.75) is 13.5 Å². The molecule has 0 aliphatic carbocycles. The van der Waals surface area contributed by atoms with E-state index in [4.69, 9.17) is 10.2 Å². The maximum absolute atomic E-state index is 13.7. The first kappa shape index (κ1) is 13.2. The molecule has 1 amide bonds. The van der Waals surface area contributed by atoms with Crippen LogP contribution in [0.5, 0.6) is 0 Å². The Bertz CT molecular complexity index is 623. The van der Waals surface area contributed by atoms with Gasteiger partial charge in [0.05, 0.1) is 6.54 Å². The quantitative estimate of drug-likeness (QED) is 0.897. The summed E-state index contributed by atoms with van der Waals surface area (Å²) < 4.78 is 32.3. The van der Waals surface area contributed by atoms with Gasteiger partial charge >= 0.3 is 0 Å². The number of anilines is 1. The van der Waals surface area contributed by atoms with E-state index in [9.17, 15) is 13.6 Å². The number of aryl methyl sites for hydroxylation is 1. The largest absolute Gasteiger partial charge is 0.455 e. The Morgan fingerprint density at radius 3 is 2.68 bits per heavy atom. The lowest BCUT2D eigenvalue weighted by Gasteiger charge is -2.07. The first-order chi connectivity index (χ1) is 9.02. The lowest BCUT2D eigenvalue weighted by atomic mass is 10.2. The van der Waals surface area contributed by atoms with Gasteiger partial charge in [-0.15, -0.1) is 0 Å². The zero-order chi connectivity index (χ0) is 14.0. The van der Waals surface area contributed by atoms with Gasteiger partial charge in [0, 0.05) is 0 Å². The molecular formula is C13H12F2N2O2. The van der Waals surface area contributed by atoms with E-state index in [1.54, 1.807) is 0 Å². The molecule has 0 radical (unpaired) electrons. The molecule has 4 nitrogen and oxygen atoms in total. The van der Waals surface area contributed by atoms with Gasteiger partial charge in [-0.2, -0.15) is 0 Å². The highest BCUT2D eigenvalue weighted by Gasteiger charge is 2.17. The summed E-state index contributed by atoms with van der Waals surface area (Å²) in [6.07, 6.45) is 0. The number of halogens is 2. The summed E-state index contributed by atoms with van der Waals surface area (Å²) in [6.45, 7) is 1.62. The van der Waals surface area contributed by atoms with Crippen LogP contribution in [0.1, 0.15) is 21.9 Å². The molecule has 0 atom stereocenters. The molecule has 0 spiro atoms. The van der Waals surface area contributed by atoms with Crippen LogP contribution >= 0.6 is 0 Å². The van der Waals surface area contributed by atoms with Crippen LogP contribution < -0.4 is 11.1 Å². The van der Waals surface area contributed by atoms with Crippen molar-refractivity contribution in [2.24, 2.45) is 5.73 Å². The van der Waals surface area contributed by atoms with Crippen molar-refractivity contribution < 1.29 is 18.0 Å². The van der Waals surface area contributed by atoms with Crippen molar-refractivity contribution in [1.82, 2.24) is 0 Å². The van der Waals surface area contributed by atoms with Crippen LogP contribution in [0.3, 0.4) is 0 Å². The van der Waals surface area contributed by atoms with Crippen LogP contribution in [0.4, 0.5) is 14.5 Å². The molecule has 100 valence electrons. The molecule has 2 rings (SSSR count). The van der Waals surface area contributed by atoms with Gasteiger partial charge in [0.2, 0.25) is 0 Å². The van der Waals surface area contributed by atoms with E-state index < -0.39 is 23.2 Å². The van der Waals surface area contributed by atoms with E-state index in [2.05, 4.69) is 5.32 Å². The van der Waals surface area contributed by atoms with Gasteiger partial charge in [-0.25, -0.2) is 8.78 Å². The van der Waals surface area contributed by atoms with Crippen LogP contribution in [-0.2, 0) is 6.54 Å². The number of hydrogen-bond acceptors (Lipinski definition) is 3. The maximum Gasteiger partial charge on any atom is 0.291 e. The van der Waals surface area contributed by atoms with E-state index in [0.717, 1.165) is 6.07 Å². The summed E-state index contributed by atoms with van der Waals surface area (Å²) in [5.41, 5.74) is 5.08. The smallest absolute Gasteiger partial charge is 0.291 e. The fourth-order valence-corrected chi connectivity index (χ4v) is 1.56. The van der Waals surface area contributed by atoms with Crippen LogP contribution in [0, 0.1) is 18.6 Å². The lowest BCUT2D eigenvalue weighted by molar-refractivity contribution is 0.0994. The molecule has 0 aliphatic heterocycles. The molecule has 0 saturated carbocycles. The van der Waals surface area contributed by atoms with Crippen LogP contribution in [0.25, 0.3) is 0 Å². The zero-order valence-corrected chi connectivity index (χ0v) is 10.2. The highest BCUT2D eigenvalue weighted by Crippen LogP contribution is 2.22. The van der Waals surface area contributed by atoms with Gasteiger partial charge in [0.25, 0.3) is 5.91 Å². The van der Waals surface area contributed by atoms with Gasteiger partial charge in [-0.05, 0) is 30.7 Å². The summed E-state index contributed by atoms with van der Waals surface area (Å²) in [7, 11) is 0. The minimum Gasteiger partial charge on any atom is -0.455 e. The average molecular weight is 266 g/mol. The van der Waals surface area contributed by atoms with Gasteiger partial charge < -0.3 is 15.5 Å². The number of hydrogen-bond donors (Lipinski definition) is 2. The Kier molecular flexibility index (Phi) is 3.62. The van der Waals surface area contributed by atoms with Crippen molar-refractivity contribution in [3.05, 3.63) is 53.0 Å². The molecule has 2 aromatic rings. The molecule has 0 fully saturated rings. The van der Waals surface area contributed by atoms with Crippen LogP contribution in [0.2, 0.25) is 0 Å². The minimum atomic E-state index is -0.845. The second-order valence-corrected chi connectivity index (χ2v) is 3.98. The van der Waals surface area contributed by atoms with E-state index >= 15 is 0 Å². The number of nitrogens with one attached hydrogen (secondary N) is 1. The van der Waals surface area contributed by atoms with Gasteiger partial charge in [-0.1, -0.05) is 6.07 Å². The molecule has 6 heteroatoms. The molecule has 1 aromatic carbocycles. The van der Waals surface area contributed by atoms with Crippen molar-refractivity contribution in [1.29, 1.82) is 0 Å². The van der Waals surface area contributed by atoms with E-state index in [-0.39, 0.29) is 17.9 Å². The monoisotopic (exact) mass is 266 g/mol. The average Bonchev–Trinajstić information content (AvgIpc) is 2.88. The Morgan fingerprint density at radius 1 is 1.32 bits per heavy atom. The highest BCUT2D eigenvalue weighted by molar-refractivity contribution is 6.02. The van der Waals surface area contributed by atoms with Gasteiger partial charge in [-0.3, -0.25) is 4.79 Å². The maximum atomic E-state index is 13.7. The molecule has 1 heterocycles. The zero-order valence-electron chi connectivity index (χ0n) is 10.2. The Labute approximate surface area is 108 Å². The first-order valence-corrected chi connectivity index (χ1v) is 5.57. The van der Waals surface area contributed by atoms with E-state index in [1.807, 2.05) is 0 Å². The van der Waals surface area contributed by atoms with Gasteiger partial charge in [0.15, 0.2) is 11.6 Å². The minimum absolute atomic E-state index is 0.0549. The third-order valence-electron chi connectivity index (χ3n) is 2.61. The standard InChI is InChI=1S/C13H12F2N2O2/c1-7-2-4-9(14)12(11(7)15)17-13(18)10-5-3-8(6-16)19-10/h2-5H,6,16H2,1H3,(H,17,18). The number of nitrogens with two attached hydrogens (primary N) is 1. The number of furan rings is 1. The Hall–Kier alpha value is -2.21. The fourth-order valence-electron chi connectivity index (χ4n) is 1.56. The SMILES string of the molecule is Cc1ccc(F)c(NC(=O)c2ccc(CN)o2)c1F. The molecule has 0 aliphatic rings. The van der Waals surface area contributed by atoms with Gasteiger partial charge in [0.1, 0.15) is 17.3 Å². The summed E-state index contributed by atoms with van der Waals surface area (Å²) >= 11 is 0. The normalized spacial score (nSPS) is 10.5. The van der Waals surface area contributed by atoms with E-state index in [0.29, 0.717) is 5.76 Å². The molecule has 0 bridgehead atoms. The molecule has 19 heavy (non-hydrogen) atoms. The number of benzene rings is 1. The lowest BCUT2D eigenvalue weighted by Crippen LogP contribution is -2.14. The van der Waals surface area contributed by atoms with Crippen molar-refractivity contribution in [3.8, 4) is 0 Å². The molecule has 0 unspecified atom stereocenters. The highest BCUT2D eigenvalue weighted by atomic mass is 19.1. The number of carbonyl (C=O) groups excluding carboxylic acids is 1. The predicted molar refractivity (Wildman–Crippen MR) is 65.6 cm³/mol. The van der Waals surface area contributed by atoms with Crippen molar-refractivity contribution in [2.75, 3.05) is 5.32 Å². The predicted octanol–water partition coefficient (Wildman–Crippen LogP) is 2.58. The van der Waals surface area contributed by atoms with Crippen LogP contribution in [0.15, 0.2) is 28.7 Å². The third-order valence-corrected chi connectivity index (χ3v) is 2.61. The fraction of sp³-hybridized carbons (Fsp3) is 0.154. The summed E-state index contributed by atoms with van der Waals surface area (Å²) in [5, 5.41) is 2.15. The summed E-state index contributed by atoms with van der Waals surface area (Å²) in [4.78, 5) is 11.8. The molecular weight excluding hydrogens is 254 g/mol. The second kappa shape index (κ2) is 5.19. The third kappa shape index (κ3) is 2.63. The Morgan fingerprint density at radius 2 is 2.05 bits per heavy atom. The van der Waals surface area contributed by atoms with Crippen LogP contribution in [-0.4, -0.2) is 5.91 Å². The van der Waals surface area contributed by atoms with E-state index in [1.165, 1.54) is 25.1 Å². The Balaban J connectivity index is 2.26. The molecule has 1 aromatic heterocycles. The topological polar surface area (TPSA) is 68.3 Å². The second-order valence-electron chi connectivity index (χ2n) is 3.98. The van der Waals surface area contributed by atoms with Crippen molar-refractivity contribution >= 4 is 11.6 Å². The number of carbonyl (C=O) groups is 1. The molecule has 0 saturated heterocycles. The number of rotatable bonds is 3. The van der Waals surface area contributed by atoms with Crippen molar-refractivity contribution in [3.63, 3.8) is 0 Å². The summed E-state index contributed by atoms with van der Waals surface area (Å²) in [6, 6.07) is 5.29. The first-order valence-electron chi connectivity index (χ1n) is 5.57.